The third-order valence-corrected chi connectivity index (χ3v) is 3.02. The Morgan fingerprint density at radius 2 is 2.33 bits per heavy atom. The van der Waals surface area contributed by atoms with E-state index in [0.717, 1.165) is 19.4 Å². The third-order valence-electron chi connectivity index (χ3n) is 3.02. The molecule has 0 radical (unpaired) electrons. The average molecular weight is 253 g/mol. The summed E-state index contributed by atoms with van der Waals surface area (Å²) in [7, 11) is 0. The summed E-state index contributed by atoms with van der Waals surface area (Å²) >= 11 is 0. The van der Waals surface area contributed by atoms with E-state index in [9.17, 15) is 4.79 Å². The van der Waals surface area contributed by atoms with Crippen molar-refractivity contribution in [3.8, 4) is 0 Å². The number of ether oxygens (including phenoxy) is 1. The van der Waals surface area contributed by atoms with E-state index in [4.69, 9.17) is 14.3 Å². The van der Waals surface area contributed by atoms with E-state index >= 15 is 0 Å². The molecular weight excluding hydrogens is 234 g/mol. The lowest BCUT2D eigenvalue weighted by Crippen LogP contribution is -2.15. The second kappa shape index (κ2) is 5.52. The van der Waals surface area contributed by atoms with Crippen LogP contribution in [0.5, 0.6) is 0 Å². The second-order valence-electron chi connectivity index (χ2n) is 5.15. The molecule has 0 aromatic carbocycles. The summed E-state index contributed by atoms with van der Waals surface area (Å²) in [5.74, 6) is -0.0884. The lowest BCUT2D eigenvalue weighted by Gasteiger charge is -2.18. The van der Waals surface area contributed by atoms with Gasteiger partial charge in [-0.25, -0.2) is 9.78 Å². The second-order valence-corrected chi connectivity index (χ2v) is 5.15. The summed E-state index contributed by atoms with van der Waals surface area (Å²) in [6, 6.07) is 0. The van der Waals surface area contributed by atoms with E-state index in [1.165, 1.54) is 0 Å². The number of nitrogens with zero attached hydrogens (tertiary/aromatic N) is 1. The highest BCUT2D eigenvalue weighted by atomic mass is 16.5. The van der Waals surface area contributed by atoms with Crippen molar-refractivity contribution in [2.24, 2.45) is 5.92 Å². The fourth-order valence-corrected chi connectivity index (χ4v) is 2.17. The summed E-state index contributed by atoms with van der Waals surface area (Å²) in [6.07, 6.45) is 2.54. The van der Waals surface area contributed by atoms with Crippen LogP contribution in [0.25, 0.3) is 0 Å². The predicted octanol–water partition coefficient (Wildman–Crippen LogP) is 2.47. The molecule has 0 bridgehead atoms. The van der Waals surface area contributed by atoms with Gasteiger partial charge in [0.1, 0.15) is 0 Å². The van der Waals surface area contributed by atoms with E-state index in [-0.39, 0.29) is 11.7 Å². The van der Waals surface area contributed by atoms with Gasteiger partial charge in [0.25, 0.3) is 0 Å². The molecule has 1 aromatic heterocycles. The maximum absolute atomic E-state index is 11.1. The van der Waals surface area contributed by atoms with E-state index in [2.05, 4.69) is 4.98 Å². The Morgan fingerprint density at radius 1 is 1.56 bits per heavy atom. The van der Waals surface area contributed by atoms with Crippen LogP contribution in [-0.4, -0.2) is 29.3 Å². The summed E-state index contributed by atoms with van der Waals surface area (Å²) in [5.41, 5.74) is 0.554. The zero-order valence-electron chi connectivity index (χ0n) is 10.8. The molecule has 0 spiro atoms. The number of rotatable bonds is 4. The molecule has 5 heteroatoms. The number of carbonyl (C=O) groups is 1. The number of hydrogen-bond acceptors (Lipinski definition) is 4. The minimum atomic E-state index is -1.04. The van der Waals surface area contributed by atoms with Gasteiger partial charge in [0.2, 0.25) is 11.7 Å². The maximum atomic E-state index is 11.1. The van der Waals surface area contributed by atoms with Crippen molar-refractivity contribution < 1.29 is 19.1 Å². The van der Waals surface area contributed by atoms with Crippen molar-refractivity contribution in [3.63, 3.8) is 0 Å². The largest absolute Gasteiger partial charge is 0.475 e. The van der Waals surface area contributed by atoms with Crippen molar-refractivity contribution in [1.29, 1.82) is 0 Å². The molecule has 1 fully saturated rings. The quantitative estimate of drug-likeness (QED) is 0.892. The van der Waals surface area contributed by atoms with Crippen LogP contribution in [0.1, 0.15) is 54.7 Å². The Morgan fingerprint density at radius 3 is 2.89 bits per heavy atom. The molecule has 1 saturated heterocycles. The van der Waals surface area contributed by atoms with E-state index in [1.807, 2.05) is 13.8 Å². The number of oxazole rings is 1. The van der Waals surface area contributed by atoms with Crippen molar-refractivity contribution in [1.82, 2.24) is 4.98 Å². The molecule has 2 rings (SSSR count). The van der Waals surface area contributed by atoms with Crippen molar-refractivity contribution in [2.75, 3.05) is 13.2 Å². The first-order valence-corrected chi connectivity index (χ1v) is 6.38. The smallest absolute Gasteiger partial charge is 0.373 e. The molecule has 0 amide bonds. The number of carboxylic acids is 1. The lowest BCUT2D eigenvalue weighted by atomic mass is 10.0. The zero-order valence-corrected chi connectivity index (χ0v) is 10.8. The van der Waals surface area contributed by atoms with Gasteiger partial charge in [0.05, 0.1) is 18.2 Å². The van der Waals surface area contributed by atoms with Gasteiger partial charge in [-0.05, 0) is 25.2 Å². The molecule has 0 aliphatic carbocycles. The highest BCUT2D eigenvalue weighted by Gasteiger charge is 2.26. The monoisotopic (exact) mass is 253 g/mol. The number of aromatic carboxylic acids is 1. The molecule has 1 N–H and O–H groups in total. The average Bonchev–Trinajstić information content (AvgIpc) is 2.73. The van der Waals surface area contributed by atoms with Gasteiger partial charge in [-0.3, -0.25) is 0 Å². The van der Waals surface area contributed by atoms with Gasteiger partial charge in [-0.15, -0.1) is 0 Å². The van der Waals surface area contributed by atoms with Gasteiger partial charge < -0.3 is 14.3 Å². The van der Waals surface area contributed by atoms with Crippen molar-refractivity contribution >= 4 is 5.97 Å². The van der Waals surface area contributed by atoms with Gasteiger partial charge in [-0.2, -0.15) is 0 Å². The molecule has 18 heavy (non-hydrogen) atoms. The summed E-state index contributed by atoms with van der Waals surface area (Å²) in [4.78, 5) is 15.5. The number of aromatic nitrogens is 1. The normalized spacial score (nSPS) is 20.3. The first-order valence-electron chi connectivity index (χ1n) is 6.38. The van der Waals surface area contributed by atoms with Crippen LogP contribution >= 0.6 is 0 Å². The standard InChI is InChI=1S/C13H19NO4/c1-8(2)6-10-11(13(15)16)18-12(14-10)9-4-3-5-17-7-9/h8-9H,3-7H2,1-2H3,(H,15,16). The molecule has 0 saturated carbocycles. The van der Waals surface area contributed by atoms with Crippen LogP contribution in [0.4, 0.5) is 0 Å². The SMILES string of the molecule is CC(C)Cc1nc(C2CCCOC2)oc1C(=O)O. The van der Waals surface area contributed by atoms with E-state index in [0.29, 0.717) is 30.5 Å². The van der Waals surface area contributed by atoms with E-state index < -0.39 is 5.97 Å². The Labute approximate surface area is 106 Å². The van der Waals surface area contributed by atoms with Crippen LogP contribution in [-0.2, 0) is 11.2 Å². The highest BCUT2D eigenvalue weighted by Crippen LogP contribution is 2.27. The molecule has 1 atom stereocenters. The first kappa shape index (κ1) is 13.1. The van der Waals surface area contributed by atoms with Crippen LogP contribution in [0.2, 0.25) is 0 Å². The summed E-state index contributed by atoms with van der Waals surface area (Å²) in [6.45, 7) is 5.40. The molecule has 100 valence electrons. The summed E-state index contributed by atoms with van der Waals surface area (Å²) < 4.78 is 10.8. The van der Waals surface area contributed by atoms with Crippen LogP contribution in [0.15, 0.2) is 4.42 Å². The zero-order chi connectivity index (χ0) is 13.1. The van der Waals surface area contributed by atoms with Crippen molar-refractivity contribution in [3.05, 3.63) is 17.3 Å². The first-order chi connectivity index (χ1) is 8.58. The predicted molar refractivity (Wildman–Crippen MR) is 64.8 cm³/mol. The molecule has 2 heterocycles. The Bertz CT molecular complexity index is 419. The van der Waals surface area contributed by atoms with Crippen molar-refractivity contribution in [2.45, 2.75) is 39.0 Å². The lowest BCUT2D eigenvalue weighted by molar-refractivity contribution is 0.0625. The topological polar surface area (TPSA) is 72.6 Å². The van der Waals surface area contributed by atoms with Gasteiger partial charge in [0, 0.05) is 6.61 Å². The van der Waals surface area contributed by atoms with Crippen LogP contribution in [0, 0.1) is 5.92 Å². The van der Waals surface area contributed by atoms with E-state index in [1.54, 1.807) is 0 Å². The number of hydrogen-bond donors (Lipinski definition) is 1. The van der Waals surface area contributed by atoms with Gasteiger partial charge in [0.15, 0.2) is 0 Å². The summed E-state index contributed by atoms with van der Waals surface area (Å²) in [5, 5.41) is 9.13. The minimum absolute atomic E-state index is 0.00993. The Kier molecular flexibility index (Phi) is 4.01. The van der Waals surface area contributed by atoms with Gasteiger partial charge in [-0.1, -0.05) is 13.8 Å². The molecule has 1 unspecified atom stereocenters. The Hall–Kier alpha value is -1.36. The molecule has 1 aliphatic heterocycles. The minimum Gasteiger partial charge on any atom is -0.475 e. The highest BCUT2D eigenvalue weighted by molar-refractivity contribution is 5.85. The molecule has 5 nitrogen and oxygen atoms in total. The molecule has 1 aromatic rings. The Balaban J connectivity index is 2.23. The molecular formula is C13H19NO4. The number of carboxylic acid groups (broad SMARTS) is 1. The maximum Gasteiger partial charge on any atom is 0.373 e. The molecule has 1 aliphatic rings. The fraction of sp³-hybridized carbons (Fsp3) is 0.692. The third kappa shape index (κ3) is 2.90. The van der Waals surface area contributed by atoms with Crippen LogP contribution < -0.4 is 0 Å². The fourth-order valence-electron chi connectivity index (χ4n) is 2.17. The van der Waals surface area contributed by atoms with Gasteiger partial charge >= 0.3 is 5.97 Å². The van der Waals surface area contributed by atoms with Crippen LogP contribution in [0.3, 0.4) is 0 Å².